The maximum Gasteiger partial charge on any atom is 0.326 e. The lowest BCUT2D eigenvalue weighted by Crippen LogP contribution is -2.28. The molecule has 7 nitrogen and oxygen atoms in total. The van der Waals surface area contributed by atoms with Gasteiger partial charge in [0.2, 0.25) is 5.95 Å². The summed E-state index contributed by atoms with van der Waals surface area (Å²) in [5.41, 5.74) is 0.710. The van der Waals surface area contributed by atoms with Gasteiger partial charge in [-0.2, -0.15) is 8.78 Å². The first-order chi connectivity index (χ1) is 12.1. The summed E-state index contributed by atoms with van der Waals surface area (Å²) in [5, 5.41) is 0. The number of halogens is 2. The minimum Gasteiger partial charge on any atom is -0.456 e. The van der Waals surface area contributed by atoms with Gasteiger partial charge in [-0.25, -0.2) is 15.0 Å². The van der Waals surface area contributed by atoms with Crippen molar-refractivity contribution < 1.29 is 18.3 Å². The number of anilines is 1. The molecule has 0 saturated heterocycles. The van der Waals surface area contributed by atoms with Crippen molar-refractivity contribution in [2.24, 2.45) is 0 Å². The fourth-order valence-corrected chi connectivity index (χ4v) is 2.36. The van der Waals surface area contributed by atoms with Gasteiger partial charge in [0.15, 0.2) is 5.82 Å². The van der Waals surface area contributed by atoms with Crippen molar-refractivity contribution in [1.82, 2.24) is 19.5 Å². The number of hydrogen-bond donors (Lipinski definition) is 0. The number of para-hydroxylation sites is 2. The van der Waals surface area contributed by atoms with Crippen LogP contribution in [-0.4, -0.2) is 39.1 Å². The molecule has 0 aliphatic rings. The molecule has 25 heavy (non-hydrogen) atoms. The van der Waals surface area contributed by atoms with Crippen LogP contribution in [0.1, 0.15) is 12.4 Å². The molecule has 0 saturated carbocycles. The van der Waals surface area contributed by atoms with Crippen molar-refractivity contribution in [3.8, 4) is 0 Å². The van der Waals surface area contributed by atoms with Crippen molar-refractivity contribution in [1.29, 1.82) is 0 Å². The van der Waals surface area contributed by atoms with E-state index in [0.29, 0.717) is 17.0 Å². The van der Waals surface area contributed by atoms with Gasteiger partial charge in [0, 0.05) is 19.4 Å². The van der Waals surface area contributed by atoms with Crippen molar-refractivity contribution >= 4 is 23.0 Å². The molecule has 0 N–H and O–H groups in total. The SMILES string of the molecule is CN(CC(=O)OCc1nc2ccccc2n1C(F)F)c1ncccn1. The number of imidazole rings is 1. The Kier molecular flexibility index (Phi) is 4.82. The highest BCUT2D eigenvalue weighted by Gasteiger charge is 2.19. The number of ether oxygens (including phenoxy) is 1. The molecule has 1 aromatic carbocycles. The van der Waals surface area contributed by atoms with Crippen LogP contribution in [0.4, 0.5) is 14.7 Å². The van der Waals surface area contributed by atoms with E-state index in [1.807, 2.05) is 0 Å². The number of fused-ring (bicyclic) bond motifs is 1. The Morgan fingerprint density at radius 3 is 2.68 bits per heavy atom. The predicted octanol–water partition coefficient (Wildman–Crippen LogP) is 2.40. The fraction of sp³-hybridized carbons (Fsp3) is 0.250. The highest BCUT2D eigenvalue weighted by Crippen LogP contribution is 2.23. The molecular weight excluding hydrogens is 332 g/mol. The minimum absolute atomic E-state index is 0.0110. The number of esters is 1. The maximum absolute atomic E-state index is 13.3. The zero-order valence-corrected chi connectivity index (χ0v) is 13.3. The van der Waals surface area contributed by atoms with E-state index in [0.717, 1.165) is 4.57 Å². The van der Waals surface area contributed by atoms with Crippen molar-refractivity contribution in [2.45, 2.75) is 13.2 Å². The van der Waals surface area contributed by atoms with E-state index in [4.69, 9.17) is 4.74 Å². The minimum atomic E-state index is -2.78. The molecule has 0 atom stereocenters. The average Bonchev–Trinajstić information content (AvgIpc) is 2.99. The Hall–Kier alpha value is -3.10. The van der Waals surface area contributed by atoms with Gasteiger partial charge in [-0.15, -0.1) is 0 Å². The van der Waals surface area contributed by atoms with Gasteiger partial charge < -0.3 is 9.64 Å². The molecule has 3 aromatic rings. The third-order valence-electron chi connectivity index (χ3n) is 3.49. The van der Waals surface area contributed by atoms with Crippen molar-refractivity contribution in [3.05, 3.63) is 48.5 Å². The van der Waals surface area contributed by atoms with E-state index >= 15 is 0 Å². The Labute approximate surface area is 141 Å². The van der Waals surface area contributed by atoms with Crippen LogP contribution in [0.3, 0.4) is 0 Å². The summed E-state index contributed by atoms with van der Waals surface area (Å²) in [4.78, 5) is 25.6. The van der Waals surface area contributed by atoms with Crippen molar-refractivity contribution in [3.63, 3.8) is 0 Å². The Balaban J connectivity index is 1.68. The highest BCUT2D eigenvalue weighted by molar-refractivity contribution is 5.76. The molecule has 0 bridgehead atoms. The second kappa shape index (κ2) is 7.20. The van der Waals surface area contributed by atoms with Crippen LogP contribution in [0.5, 0.6) is 0 Å². The number of carbonyl (C=O) groups excluding carboxylic acids is 1. The summed E-state index contributed by atoms with van der Waals surface area (Å²) in [6.07, 6.45) is 3.10. The largest absolute Gasteiger partial charge is 0.456 e. The molecule has 0 unspecified atom stereocenters. The lowest BCUT2D eigenvalue weighted by atomic mass is 10.3. The lowest BCUT2D eigenvalue weighted by Gasteiger charge is -2.15. The van der Waals surface area contributed by atoms with E-state index in [1.54, 1.807) is 49.8 Å². The second-order valence-electron chi connectivity index (χ2n) is 5.23. The number of aromatic nitrogens is 4. The molecule has 0 aliphatic carbocycles. The molecule has 0 amide bonds. The first kappa shape index (κ1) is 16.7. The molecule has 130 valence electrons. The summed E-state index contributed by atoms with van der Waals surface area (Å²) >= 11 is 0. The van der Waals surface area contributed by atoms with E-state index < -0.39 is 12.5 Å². The normalized spacial score (nSPS) is 11.0. The fourth-order valence-electron chi connectivity index (χ4n) is 2.36. The quantitative estimate of drug-likeness (QED) is 0.638. The average molecular weight is 347 g/mol. The number of alkyl halides is 2. The topological polar surface area (TPSA) is 73.1 Å². The van der Waals surface area contributed by atoms with Crippen LogP contribution < -0.4 is 4.90 Å². The van der Waals surface area contributed by atoms with Gasteiger partial charge in [-0.1, -0.05) is 12.1 Å². The molecule has 9 heteroatoms. The third kappa shape index (κ3) is 3.70. The molecule has 2 aromatic heterocycles. The maximum atomic E-state index is 13.3. The monoisotopic (exact) mass is 347 g/mol. The van der Waals surface area contributed by atoms with Crippen LogP contribution >= 0.6 is 0 Å². The highest BCUT2D eigenvalue weighted by atomic mass is 19.3. The molecular formula is C16H15F2N5O2. The van der Waals surface area contributed by atoms with Crippen molar-refractivity contribution in [2.75, 3.05) is 18.5 Å². The molecule has 0 spiro atoms. The number of rotatable bonds is 6. The molecule has 0 aliphatic heterocycles. The zero-order valence-electron chi connectivity index (χ0n) is 13.3. The Morgan fingerprint density at radius 1 is 1.24 bits per heavy atom. The van der Waals surface area contributed by atoms with E-state index in [9.17, 15) is 13.6 Å². The van der Waals surface area contributed by atoms with Crippen LogP contribution in [-0.2, 0) is 16.1 Å². The molecule has 2 heterocycles. The summed E-state index contributed by atoms with van der Waals surface area (Å²) in [6, 6.07) is 8.17. The number of likely N-dealkylation sites (N-methyl/N-ethyl adjacent to an activating group) is 1. The van der Waals surface area contributed by atoms with Gasteiger partial charge in [0.1, 0.15) is 13.2 Å². The molecule has 3 rings (SSSR count). The number of benzene rings is 1. The van der Waals surface area contributed by atoms with Gasteiger partial charge in [0.05, 0.1) is 11.0 Å². The number of hydrogen-bond acceptors (Lipinski definition) is 6. The Morgan fingerprint density at radius 2 is 1.96 bits per heavy atom. The smallest absolute Gasteiger partial charge is 0.326 e. The van der Waals surface area contributed by atoms with Crippen LogP contribution in [0.25, 0.3) is 11.0 Å². The first-order valence-corrected chi connectivity index (χ1v) is 7.44. The zero-order chi connectivity index (χ0) is 17.8. The van der Waals surface area contributed by atoms with Gasteiger partial charge >= 0.3 is 12.5 Å². The predicted molar refractivity (Wildman–Crippen MR) is 86.1 cm³/mol. The van der Waals surface area contributed by atoms with Crippen LogP contribution in [0, 0.1) is 0 Å². The van der Waals surface area contributed by atoms with E-state index in [2.05, 4.69) is 15.0 Å². The van der Waals surface area contributed by atoms with E-state index in [1.165, 1.54) is 4.90 Å². The van der Waals surface area contributed by atoms with E-state index in [-0.39, 0.29) is 19.0 Å². The third-order valence-corrected chi connectivity index (χ3v) is 3.49. The first-order valence-electron chi connectivity index (χ1n) is 7.44. The lowest BCUT2D eigenvalue weighted by molar-refractivity contribution is -0.143. The van der Waals surface area contributed by atoms with Crippen LogP contribution in [0.15, 0.2) is 42.7 Å². The number of carbonyl (C=O) groups is 1. The Bertz CT molecular complexity index is 869. The standard InChI is InChI=1S/C16H15F2N5O2/c1-22(16-19-7-4-8-20-16)9-14(24)25-10-13-21-11-5-2-3-6-12(11)23(13)15(17)18/h2-8,15H,9-10H2,1H3. The number of nitrogens with zero attached hydrogens (tertiary/aromatic N) is 5. The second-order valence-corrected chi connectivity index (χ2v) is 5.23. The van der Waals surface area contributed by atoms with Gasteiger partial charge in [0.25, 0.3) is 0 Å². The molecule has 0 radical (unpaired) electrons. The van der Waals surface area contributed by atoms with Gasteiger partial charge in [-0.05, 0) is 18.2 Å². The van der Waals surface area contributed by atoms with Crippen LogP contribution in [0.2, 0.25) is 0 Å². The summed E-state index contributed by atoms with van der Waals surface area (Å²) in [6.45, 7) is -3.23. The summed E-state index contributed by atoms with van der Waals surface area (Å²) < 4.78 is 32.5. The summed E-state index contributed by atoms with van der Waals surface area (Å²) in [5.74, 6) is -0.245. The molecule has 0 fully saturated rings. The van der Waals surface area contributed by atoms with Gasteiger partial charge in [-0.3, -0.25) is 9.36 Å². The summed E-state index contributed by atoms with van der Waals surface area (Å²) in [7, 11) is 1.63.